The lowest BCUT2D eigenvalue weighted by molar-refractivity contribution is -0.152. The first-order valence-corrected chi connectivity index (χ1v) is 14.5. The number of nitrogens with two attached hydrogens (primary N) is 2. The van der Waals surface area contributed by atoms with Gasteiger partial charge in [0.2, 0.25) is 0 Å². The number of rotatable bonds is 5. The standard InChI is InChI=1S/C31H46N4O4/c1-14-9-16(3)24(17(4)10-14)30(36)39-27-21(8)23(35-29(27)33)13-22-20(7)25(28(32)34-22)31(37)38-26-18(5)11-15(2)12-19(26)6/h13-19,24,26,35H,9-12,33H2,1-8H3,(H2,32,34)/b22-13-. The van der Waals surface area contributed by atoms with Crippen LogP contribution in [0.1, 0.15) is 85.4 Å². The fourth-order valence-electron chi connectivity index (χ4n) is 7.48. The van der Waals surface area contributed by atoms with Crippen molar-refractivity contribution in [3.8, 4) is 5.75 Å². The molecule has 0 spiro atoms. The van der Waals surface area contributed by atoms with Crippen molar-refractivity contribution in [2.75, 3.05) is 5.73 Å². The van der Waals surface area contributed by atoms with Crippen molar-refractivity contribution in [1.82, 2.24) is 4.98 Å². The number of carbonyl (C=O) groups excluding carboxylic acids is 2. The molecule has 0 amide bonds. The van der Waals surface area contributed by atoms with E-state index in [1.807, 2.05) is 13.8 Å². The third kappa shape index (κ3) is 5.80. The quantitative estimate of drug-likeness (QED) is 0.408. The molecule has 2 aliphatic carbocycles. The Labute approximate surface area is 232 Å². The van der Waals surface area contributed by atoms with Crippen molar-refractivity contribution in [1.29, 1.82) is 0 Å². The van der Waals surface area contributed by atoms with Crippen molar-refractivity contribution in [3.05, 3.63) is 28.1 Å². The number of carbonyl (C=O) groups is 2. The highest BCUT2D eigenvalue weighted by Crippen LogP contribution is 2.40. The zero-order valence-corrected chi connectivity index (χ0v) is 24.8. The fraction of sp³-hybridized carbons (Fsp3) is 0.645. The van der Waals surface area contributed by atoms with Crippen LogP contribution in [0.4, 0.5) is 5.82 Å². The summed E-state index contributed by atoms with van der Waals surface area (Å²) in [5.74, 6) is 2.25. The first-order valence-electron chi connectivity index (χ1n) is 14.5. The highest BCUT2D eigenvalue weighted by Gasteiger charge is 2.39. The van der Waals surface area contributed by atoms with Crippen LogP contribution in [-0.4, -0.2) is 28.9 Å². The molecule has 2 fully saturated rings. The van der Waals surface area contributed by atoms with E-state index in [4.69, 9.17) is 20.9 Å². The Balaban J connectivity index is 1.53. The van der Waals surface area contributed by atoms with Crippen LogP contribution in [0.15, 0.2) is 21.8 Å². The molecule has 0 radical (unpaired) electrons. The molecule has 8 nitrogen and oxygen atoms in total. The predicted molar refractivity (Wildman–Crippen MR) is 155 cm³/mol. The smallest absolute Gasteiger partial charge is 0.342 e. The number of hydrogen-bond acceptors (Lipinski definition) is 7. The molecule has 2 heterocycles. The molecule has 4 unspecified atom stereocenters. The maximum Gasteiger partial charge on any atom is 0.342 e. The topological polar surface area (TPSA) is 133 Å². The minimum Gasteiger partial charge on any atom is -0.458 e. The molecular weight excluding hydrogens is 492 g/mol. The van der Waals surface area contributed by atoms with Crippen molar-refractivity contribution < 1.29 is 19.1 Å². The summed E-state index contributed by atoms with van der Waals surface area (Å²) in [6.45, 7) is 16.7. The van der Waals surface area contributed by atoms with Gasteiger partial charge in [-0.25, -0.2) is 9.79 Å². The normalized spacial score (nSPS) is 34.3. The number of esters is 2. The van der Waals surface area contributed by atoms with Gasteiger partial charge in [-0.1, -0.05) is 41.5 Å². The van der Waals surface area contributed by atoms with E-state index >= 15 is 0 Å². The van der Waals surface area contributed by atoms with Crippen LogP contribution in [0.5, 0.6) is 5.75 Å². The summed E-state index contributed by atoms with van der Waals surface area (Å²) < 4.78 is 11.9. The molecule has 8 heteroatoms. The second-order valence-electron chi connectivity index (χ2n) is 12.8. The van der Waals surface area contributed by atoms with Gasteiger partial charge in [-0.2, -0.15) is 0 Å². The largest absolute Gasteiger partial charge is 0.458 e. The lowest BCUT2D eigenvalue weighted by Gasteiger charge is -2.37. The first-order chi connectivity index (χ1) is 18.3. The lowest BCUT2D eigenvalue weighted by Crippen LogP contribution is -2.38. The van der Waals surface area contributed by atoms with Crippen LogP contribution in [0.25, 0.3) is 6.08 Å². The van der Waals surface area contributed by atoms with Gasteiger partial charge < -0.3 is 25.9 Å². The molecule has 3 aliphatic rings. The van der Waals surface area contributed by atoms with Crippen molar-refractivity contribution in [3.63, 3.8) is 0 Å². The highest BCUT2D eigenvalue weighted by molar-refractivity contribution is 6.21. The maximum atomic E-state index is 13.2. The number of ether oxygens (including phenoxy) is 2. The molecule has 1 aromatic heterocycles. The summed E-state index contributed by atoms with van der Waals surface area (Å²) >= 11 is 0. The summed E-state index contributed by atoms with van der Waals surface area (Å²) in [4.78, 5) is 34.0. The van der Waals surface area contributed by atoms with E-state index in [2.05, 4.69) is 51.5 Å². The summed E-state index contributed by atoms with van der Waals surface area (Å²) in [6, 6.07) is 0. The van der Waals surface area contributed by atoms with Crippen LogP contribution in [0, 0.1) is 48.3 Å². The van der Waals surface area contributed by atoms with Gasteiger partial charge in [0.25, 0.3) is 0 Å². The number of nitrogens with one attached hydrogen (secondary N) is 1. The Hall–Kier alpha value is -3.03. The number of aromatic nitrogens is 1. The number of allylic oxidation sites excluding steroid dienone is 1. The van der Waals surface area contributed by atoms with Gasteiger partial charge in [-0.15, -0.1) is 0 Å². The Morgan fingerprint density at radius 3 is 2.00 bits per heavy atom. The van der Waals surface area contributed by atoms with Crippen LogP contribution >= 0.6 is 0 Å². The SMILES string of the molecule is CC1=C(C(=O)OC2C(C)CC(C)CC2C)C(N)=N/C1=C\c1[nH]c(N)c(OC(=O)C2C(C)CC(C)CC2C)c1C. The number of aliphatic imine (C=N–C) groups is 1. The van der Waals surface area contributed by atoms with Crippen LogP contribution in [0.2, 0.25) is 0 Å². The van der Waals surface area contributed by atoms with E-state index in [-0.39, 0.29) is 53.3 Å². The van der Waals surface area contributed by atoms with Gasteiger partial charge in [0.05, 0.1) is 11.6 Å². The van der Waals surface area contributed by atoms with Gasteiger partial charge in [0.1, 0.15) is 23.3 Å². The van der Waals surface area contributed by atoms with Crippen molar-refractivity contribution >= 4 is 29.7 Å². The van der Waals surface area contributed by atoms with Crippen molar-refractivity contribution in [2.24, 2.45) is 52.2 Å². The molecule has 39 heavy (non-hydrogen) atoms. The number of anilines is 1. The molecule has 1 aromatic rings. The van der Waals surface area contributed by atoms with Gasteiger partial charge in [0.15, 0.2) is 5.75 Å². The molecule has 214 valence electrons. The van der Waals surface area contributed by atoms with Gasteiger partial charge in [-0.3, -0.25) is 4.79 Å². The van der Waals surface area contributed by atoms with Crippen molar-refractivity contribution in [2.45, 2.75) is 87.2 Å². The minimum atomic E-state index is -0.433. The number of H-pyrrole nitrogens is 1. The van der Waals surface area contributed by atoms with Crippen LogP contribution < -0.4 is 16.2 Å². The van der Waals surface area contributed by atoms with E-state index < -0.39 is 5.97 Å². The molecular formula is C31H46N4O4. The molecule has 0 saturated heterocycles. The molecule has 1 aliphatic heterocycles. The zero-order chi connectivity index (χ0) is 28.8. The van der Waals surface area contributed by atoms with E-state index in [1.54, 1.807) is 6.08 Å². The monoisotopic (exact) mass is 538 g/mol. The Bertz CT molecular complexity index is 1200. The summed E-state index contributed by atoms with van der Waals surface area (Å²) in [6.07, 6.45) is 5.73. The molecule has 5 N–H and O–H groups in total. The second-order valence-corrected chi connectivity index (χ2v) is 12.8. The molecule has 2 saturated carbocycles. The second kappa shape index (κ2) is 11.2. The fourth-order valence-corrected chi connectivity index (χ4v) is 7.48. The lowest BCUT2D eigenvalue weighted by atomic mass is 9.69. The molecule has 4 rings (SSSR count). The van der Waals surface area contributed by atoms with E-state index in [0.29, 0.717) is 45.7 Å². The summed E-state index contributed by atoms with van der Waals surface area (Å²) in [5.41, 5.74) is 15.3. The van der Waals surface area contributed by atoms with Gasteiger partial charge in [-0.05, 0) is 86.7 Å². The van der Waals surface area contributed by atoms with E-state index in [0.717, 1.165) is 25.7 Å². The zero-order valence-electron chi connectivity index (χ0n) is 24.8. The first kappa shape index (κ1) is 29.0. The van der Waals surface area contributed by atoms with E-state index in [1.165, 1.54) is 0 Å². The highest BCUT2D eigenvalue weighted by atomic mass is 16.5. The van der Waals surface area contributed by atoms with Gasteiger partial charge in [0, 0.05) is 11.3 Å². The summed E-state index contributed by atoms with van der Waals surface area (Å²) in [5, 5.41) is 0. The van der Waals surface area contributed by atoms with Crippen LogP contribution in [0.3, 0.4) is 0 Å². The Kier molecular flexibility index (Phi) is 8.33. The number of nitrogen functional groups attached to an aromatic ring is 1. The third-order valence-corrected chi connectivity index (χ3v) is 9.16. The summed E-state index contributed by atoms with van der Waals surface area (Å²) in [7, 11) is 0. The predicted octanol–water partition coefficient (Wildman–Crippen LogP) is 5.77. The minimum absolute atomic E-state index is 0.143. The Morgan fingerprint density at radius 2 is 1.44 bits per heavy atom. The van der Waals surface area contributed by atoms with Crippen LogP contribution in [-0.2, 0) is 14.3 Å². The average molecular weight is 539 g/mol. The maximum absolute atomic E-state index is 13.2. The molecule has 0 aromatic carbocycles. The van der Waals surface area contributed by atoms with E-state index in [9.17, 15) is 9.59 Å². The number of hydrogen-bond donors (Lipinski definition) is 3. The third-order valence-electron chi connectivity index (χ3n) is 9.16. The molecule has 4 atom stereocenters. The number of nitrogens with zero attached hydrogens (tertiary/aromatic N) is 1. The number of amidine groups is 1. The molecule has 0 bridgehead atoms. The van der Waals surface area contributed by atoms with Gasteiger partial charge >= 0.3 is 11.9 Å². The number of aromatic amines is 1. The Morgan fingerprint density at radius 1 is 0.897 bits per heavy atom. The average Bonchev–Trinajstić information content (AvgIpc) is 3.24.